The molecule has 0 spiro atoms. The summed E-state index contributed by atoms with van der Waals surface area (Å²) < 4.78 is 12.7. The number of para-hydroxylation sites is 1. The minimum absolute atomic E-state index is 0.154. The number of ether oxygens (including phenoxy) is 1. The Balaban J connectivity index is 1.30. The van der Waals surface area contributed by atoms with Crippen molar-refractivity contribution in [1.82, 2.24) is 25.2 Å². The average Bonchev–Trinajstić information content (AvgIpc) is 3.36. The Morgan fingerprint density at radius 3 is 2.79 bits per heavy atom. The molecule has 2 aromatic heterocycles. The summed E-state index contributed by atoms with van der Waals surface area (Å²) in [6.07, 6.45) is 0. The Bertz CT molecular complexity index is 1110. The van der Waals surface area contributed by atoms with Crippen LogP contribution in [0.15, 0.2) is 58.2 Å². The van der Waals surface area contributed by atoms with E-state index in [2.05, 4.69) is 25.8 Å². The number of hydrogen-bond donors (Lipinski definition) is 1. The molecule has 0 aliphatic rings. The second-order valence-corrected chi connectivity index (χ2v) is 6.92. The maximum Gasteiger partial charge on any atom is 0.277 e. The smallest absolute Gasteiger partial charge is 0.277 e. The zero-order valence-electron chi connectivity index (χ0n) is 15.6. The maximum absolute atomic E-state index is 12.1. The molecular weight excluding hydrogens is 392 g/mol. The number of nitrogens with one attached hydrogen (secondary N) is 1. The van der Waals surface area contributed by atoms with Gasteiger partial charge in [0.15, 0.2) is 0 Å². The van der Waals surface area contributed by atoms with Gasteiger partial charge in [-0.15, -0.1) is 15.3 Å². The second-order valence-electron chi connectivity index (χ2n) is 5.99. The molecule has 0 aliphatic heterocycles. The minimum atomic E-state index is -0.166. The molecule has 0 saturated carbocycles. The van der Waals surface area contributed by atoms with Crippen molar-refractivity contribution in [3.63, 3.8) is 0 Å². The Morgan fingerprint density at radius 1 is 1.14 bits per heavy atom. The molecule has 0 bridgehead atoms. The minimum Gasteiger partial charge on any atom is -0.494 e. The van der Waals surface area contributed by atoms with Gasteiger partial charge in [0.05, 0.1) is 17.9 Å². The van der Waals surface area contributed by atoms with Crippen LogP contribution in [0.2, 0.25) is 0 Å². The molecule has 9 nitrogen and oxygen atoms in total. The largest absolute Gasteiger partial charge is 0.494 e. The second kappa shape index (κ2) is 8.74. The molecule has 0 saturated heterocycles. The SMILES string of the molecule is CCOc1ccc(NC(=O)CSc2nnc(Cn3nnc4ccccc43)o2)cc1. The molecule has 2 heterocycles. The van der Waals surface area contributed by atoms with Crippen molar-refractivity contribution in [2.45, 2.75) is 18.7 Å². The maximum atomic E-state index is 12.1. The monoisotopic (exact) mass is 410 g/mol. The molecule has 10 heteroatoms. The van der Waals surface area contributed by atoms with E-state index in [9.17, 15) is 4.79 Å². The van der Waals surface area contributed by atoms with E-state index in [4.69, 9.17) is 9.15 Å². The Labute approximate surface area is 170 Å². The number of nitrogens with zero attached hydrogens (tertiary/aromatic N) is 5. The van der Waals surface area contributed by atoms with Crippen molar-refractivity contribution in [2.24, 2.45) is 0 Å². The highest BCUT2D eigenvalue weighted by molar-refractivity contribution is 7.99. The molecule has 148 valence electrons. The van der Waals surface area contributed by atoms with E-state index in [-0.39, 0.29) is 11.7 Å². The van der Waals surface area contributed by atoms with Crippen LogP contribution in [0.3, 0.4) is 0 Å². The molecular formula is C19H18N6O3S. The van der Waals surface area contributed by atoms with Crippen LogP contribution in [0.4, 0.5) is 5.69 Å². The highest BCUT2D eigenvalue weighted by Gasteiger charge is 2.12. The molecule has 4 aromatic rings. The summed E-state index contributed by atoms with van der Waals surface area (Å²) in [4.78, 5) is 12.1. The summed E-state index contributed by atoms with van der Waals surface area (Å²) >= 11 is 1.17. The van der Waals surface area contributed by atoms with E-state index in [1.54, 1.807) is 16.8 Å². The van der Waals surface area contributed by atoms with Crippen LogP contribution in [-0.2, 0) is 11.3 Å². The molecule has 0 radical (unpaired) electrons. The summed E-state index contributed by atoms with van der Waals surface area (Å²) in [7, 11) is 0. The topological polar surface area (TPSA) is 108 Å². The summed E-state index contributed by atoms with van der Waals surface area (Å²) in [5.74, 6) is 1.15. The highest BCUT2D eigenvalue weighted by atomic mass is 32.2. The first-order valence-corrected chi connectivity index (χ1v) is 9.96. The number of carbonyl (C=O) groups is 1. The number of anilines is 1. The fourth-order valence-electron chi connectivity index (χ4n) is 2.65. The third kappa shape index (κ3) is 4.72. The average molecular weight is 410 g/mol. The van der Waals surface area contributed by atoms with Gasteiger partial charge in [-0.25, -0.2) is 4.68 Å². The number of fused-ring (bicyclic) bond motifs is 1. The van der Waals surface area contributed by atoms with Gasteiger partial charge in [-0.1, -0.05) is 29.1 Å². The van der Waals surface area contributed by atoms with Crippen LogP contribution in [0.5, 0.6) is 5.75 Å². The first-order valence-electron chi connectivity index (χ1n) is 8.97. The van der Waals surface area contributed by atoms with Crippen molar-refractivity contribution in [2.75, 3.05) is 17.7 Å². The quantitative estimate of drug-likeness (QED) is 0.442. The van der Waals surface area contributed by atoms with E-state index in [0.717, 1.165) is 16.8 Å². The normalized spacial score (nSPS) is 10.9. The van der Waals surface area contributed by atoms with Crippen LogP contribution >= 0.6 is 11.8 Å². The standard InChI is InChI=1S/C19H18N6O3S/c1-2-27-14-9-7-13(8-10-14)20-17(26)12-29-19-23-22-18(28-19)11-25-16-6-4-3-5-15(16)21-24-25/h3-10H,2,11-12H2,1H3,(H,20,26). The van der Waals surface area contributed by atoms with Gasteiger partial charge in [0.1, 0.15) is 17.8 Å². The van der Waals surface area contributed by atoms with E-state index in [0.29, 0.717) is 30.0 Å². The van der Waals surface area contributed by atoms with E-state index < -0.39 is 0 Å². The molecule has 2 aromatic carbocycles. The number of amides is 1. The lowest BCUT2D eigenvalue weighted by atomic mass is 10.3. The van der Waals surface area contributed by atoms with Gasteiger partial charge >= 0.3 is 0 Å². The molecule has 1 amide bonds. The third-order valence-corrected chi connectivity index (χ3v) is 4.75. The first-order chi connectivity index (χ1) is 14.2. The predicted octanol–water partition coefficient (Wildman–Crippen LogP) is 2.99. The van der Waals surface area contributed by atoms with E-state index >= 15 is 0 Å². The van der Waals surface area contributed by atoms with Crippen molar-refractivity contribution in [3.8, 4) is 5.75 Å². The highest BCUT2D eigenvalue weighted by Crippen LogP contribution is 2.19. The van der Waals surface area contributed by atoms with Gasteiger partial charge in [0, 0.05) is 5.69 Å². The van der Waals surface area contributed by atoms with Gasteiger partial charge in [-0.2, -0.15) is 0 Å². The van der Waals surface area contributed by atoms with Crippen LogP contribution in [0, 0.1) is 0 Å². The van der Waals surface area contributed by atoms with Crippen LogP contribution in [0.1, 0.15) is 12.8 Å². The molecule has 0 aliphatic carbocycles. The number of hydrogen-bond acceptors (Lipinski definition) is 8. The Kier molecular flexibility index (Phi) is 5.71. The lowest BCUT2D eigenvalue weighted by Crippen LogP contribution is -2.13. The van der Waals surface area contributed by atoms with Crippen molar-refractivity contribution >= 4 is 34.4 Å². The number of rotatable bonds is 8. The fraction of sp³-hybridized carbons (Fsp3) is 0.211. The number of benzene rings is 2. The Morgan fingerprint density at radius 2 is 1.97 bits per heavy atom. The Hall–Kier alpha value is -3.40. The zero-order valence-corrected chi connectivity index (χ0v) is 16.4. The first kappa shape index (κ1) is 18.9. The van der Waals surface area contributed by atoms with Crippen LogP contribution < -0.4 is 10.1 Å². The number of carbonyl (C=O) groups excluding carboxylic acids is 1. The van der Waals surface area contributed by atoms with Crippen molar-refractivity contribution in [3.05, 3.63) is 54.4 Å². The van der Waals surface area contributed by atoms with Crippen molar-refractivity contribution < 1.29 is 13.9 Å². The van der Waals surface area contributed by atoms with Gasteiger partial charge in [0.25, 0.3) is 5.22 Å². The molecule has 0 unspecified atom stereocenters. The molecule has 0 atom stereocenters. The van der Waals surface area contributed by atoms with Gasteiger partial charge in [0.2, 0.25) is 11.8 Å². The molecule has 29 heavy (non-hydrogen) atoms. The summed E-state index contributed by atoms with van der Waals surface area (Å²) in [6.45, 7) is 2.83. The summed E-state index contributed by atoms with van der Waals surface area (Å²) in [5, 5.41) is 19.3. The lowest BCUT2D eigenvalue weighted by molar-refractivity contribution is -0.113. The lowest BCUT2D eigenvalue weighted by Gasteiger charge is -2.06. The van der Waals surface area contributed by atoms with Gasteiger partial charge in [-0.05, 0) is 43.3 Å². The third-order valence-electron chi connectivity index (χ3n) is 3.93. The summed E-state index contributed by atoms with van der Waals surface area (Å²) in [5.41, 5.74) is 2.38. The fourth-order valence-corrected chi connectivity index (χ4v) is 3.23. The number of thioether (sulfide) groups is 1. The summed E-state index contributed by atoms with van der Waals surface area (Å²) in [6, 6.07) is 14.8. The molecule has 4 rings (SSSR count). The van der Waals surface area contributed by atoms with Crippen molar-refractivity contribution in [1.29, 1.82) is 0 Å². The van der Waals surface area contributed by atoms with Crippen LogP contribution in [-0.4, -0.2) is 43.5 Å². The van der Waals surface area contributed by atoms with Crippen LogP contribution in [0.25, 0.3) is 11.0 Å². The van der Waals surface area contributed by atoms with Gasteiger partial charge in [-0.3, -0.25) is 4.79 Å². The zero-order chi connectivity index (χ0) is 20.1. The van der Waals surface area contributed by atoms with Gasteiger partial charge < -0.3 is 14.5 Å². The molecule has 0 fully saturated rings. The molecule has 1 N–H and O–H groups in total. The predicted molar refractivity (Wildman–Crippen MR) is 108 cm³/mol. The number of aromatic nitrogens is 5. The van der Waals surface area contributed by atoms with E-state index in [1.807, 2.05) is 43.3 Å². The van der Waals surface area contributed by atoms with E-state index in [1.165, 1.54) is 11.8 Å².